The number of rotatable bonds is 7. The van der Waals surface area contributed by atoms with Crippen LogP contribution in [0.15, 0.2) is 53.2 Å². The second-order valence-electron chi connectivity index (χ2n) is 9.32. The molecule has 0 bridgehead atoms. The Bertz CT molecular complexity index is 1380. The summed E-state index contributed by atoms with van der Waals surface area (Å²) >= 11 is 0. The fraction of sp³-hybridized carbons (Fsp3) is 0.308. The van der Waals surface area contributed by atoms with E-state index >= 15 is 0 Å². The molecule has 1 aliphatic carbocycles. The zero-order chi connectivity index (χ0) is 24.4. The minimum atomic E-state index is -0.732. The van der Waals surface area contributed by atoms with E-state index in [0.717, 1.165) is 29.3 Å². The second kappa shape index (κ2) is 9.14. The first-order valence-corrected chi connectivity index (χ1v) is 11.6. The van der Waals surface area contributed by atoms with Crippen LogP contribution in [0, 0.1) is 17.2 Å². The summed E-state index contributed by atoms with van der Waals surface area (Å²) in [6.07, 6.45) is 7.18. The number of nitriles is 1. The average molecular weight is 467 g/mol. The first-order valence-electron chi connectivity index (χ1n) is 11.6. The lowest BCUT2D eigenvalue weighted by Gasteiger charge is -2.25. The number of nitrogens with two attached hydrogens (primary N) is 1. The fourth-order valence-corrected chi connectivity index (χ4v) is 3.81. The maximum absolute atomic E-state index is 9.45. The van der Waals surface area contributed by atoms with Gasteiger partial charge < -0.3 is 15.5 Å². The van der Waals surface area contributed by atoms with Gasteiger partial charge in [0.1, 0.15) is 0 Å². The number of nitrogens with zero attached hydrogens (tertiary/aromatic N) is 6. The standard InChI is InChI=1S/C26H26N8O/c1-26(2,15-27)21-12-18(10-11-29-21)20-14-31-23(28)22(32-20)25-34-33-24(35-25)17-6-8-19(9-7-17)30-13-16-4-3-5-16/h6-12,14,16,30H,3-5,13H2,1-2H3,(H2,28,31). The molecule has 0 spiro atoms. The van der Waals surface area contributed by atoms with E-state index in [1.54, 1.807) is 18.5 Å². The van der Waals surface area contributed by atoms with Gasteiger partial charge >= 0.3 is 0 Å². The van der Waals surface area contributed by atoms with Gasteiger partial charge in [0.15, 0.2) is 11.5 Å². The maximum Gasteiger partial charge on any atom is 0.270 e. The molecule has 0 unspecified atom stereocenters. The van der Waals surface area contributed by atoms with E-state index in [2.05, 4.69) is 36.5 Å². The maximum atomic E-state index is 9.45. The summed E-state index contributed by atoms with van der Waals surface area (Å²) in [7, 11) is 0. The molecule has 9 nitrogen and oxygen atoms in total. The minimum Gasteiger partial charge on any atom is -0.414 e. The predicted octanol–water partition coefficient (Wildman–Crippen LogP) is 4.85. The van der Waals surface area contributed by atoms with Gasteiger partial charge in [0, 0.05) is 29.6 Å². The zero-order valence-electron chi connectivity index (χ0n) is 19.7. The predicted molar refractivity (Wildman–Crippen MR) is 133 cm³/mol. The average Bonchev–Trinajstić information content (AvgIpc) is 3.34. The molecule has 0 amide bonds. The van der Waals surface area contributed by atoms with Crippen LogP contribution in [0.4, 0.5) is 11.5 Å². The SMILES string of the molecule is CC(C)(C#N)c1cc(-c2cnc(N)c(-c3nnc(-c4ccc(NCC5CCC5)cc4)o3)n2)ccn1. The Labute approximate surface area is 203 Å². The number of hydrogen-bond acceptors (Lipinski definition) is 9. The van der Waals surface area contributed by atoms with Gasteiger partial charge in [-0.05, 0) is 69.0 Å². The summed E-state index contributed by atoms with van der Waals surface area (Å²) in [6.45, 7) is 4.64. The van der Waals surface area contributed by atoms with Crippen molar-refractivity contribution < 1.29 is 4.42 Å². The molecule has 5 rings (SSSR count). The molecule has 176 valence electrons. The van der Waals surface area contributed by atoms with Gasteiger partial charge in [-0.15, -0.1) is 10.2 Å². The largest absolute Gasteiger partial charge is 0.414 e. The van der Waals surface area contributed by atoms with E-state index in [9.17, 15) is 5.26 Å². The summed E-state index contributed by atoms with van der Waals surface area (Å²) in [5, 5.41) is 21.3. The summed E-state index contributed by atoms with van der Waals surface area (Å²) < 4.78 is 5.91. The molecule has 1 aliphatic rings. The molecule has 1 fully saturated rings. The first kappa shape index (κ1) is 22.5. The number of hydrogen-bond donors (Lipinski definition) is 2. The van der Waals surface area contributed by atoms with Crippen molar-refractivity contribution in [2.75, 3.05) is 17.6 Å². The van der Waals surface area contributed by atoms with Gasteiger partial charge in [0.05, 0.1) is 29.1 Å². The van der Waals surface area contributed by atoms with Gasteiger partial charge in [-0.2, -0.15) is 5.26 Å². The molecule has 0 saturated heterocycles. The van der Waals surface area contributed by atoms with E-state index in [1.165, 1.54) is 19.3 Å². The van der Waals surface area contributed by atoms with Crippen LogP contribution in [0.2, 0.25) is 0 Å². The molecule has 35 heavy (non-hydrogen) atoms. The zero-order valence-corrected chi connectivity index (χ0v) is 19.7. The van der Waals surface area contributed by atoms with Gasteiger partial charge in [0.25, 0.3) is 5.89 Å². The van der Waals surface area contributed by atoms with Crippen LogP contribution in [0.25, 0.3) is 34.3 Å². The molecular formula is C26H26N8O. The number of benzene rings is 1. The summed E-state index contributed by atoms with van der Waals surface area (Å²) in [4.78, 5) is 13.2. The number of nitrogen functional groups attached to an aromatic ring is 1. The second-order valence-corrected chi connectivity index (χ2v) is 9.32. The monoisotopic (exact) mass is 466 g/mol. The van der Waals surface area contributed by atoms with Gasteiger partial charge in [-0.1, -0.05) is 6.42 Å². The normalized spacial score (nSPS) is 13.7. The quantitative estimate of drug-likeness (QED) is 0.391. The van der Waals surface area contributed by atoms with Crippen molar-refractivity contribution >= 4 is 11.5 Å². The molecule has 3 aromatic heterocycles. The van der Waals surface area contributed by atoms with Crippen LogP contribution in [-0.4, -0.2) is 31.7 Å². The van der Waals surface area contributed by atoms with E-state index in [1.807, 2.05) is 44.2 Å². The van der Waals surface area contributed by atoms with Crippen molar-refractivity contribution in [3.63, 3.8) is 0 Å². The van der Waals surface area contributed by atoms with Crippen LogP contribution in [-0.2, 0) is 5.41 Å². The molecule has 9 heteroatoms. The van der Waals surface area contributed by atoms with Gasteiger partial charge in [0.2, 0.25) is 5.89 Å². The summed E-state index contributed by atoms with van der Waals surface area (Å²) in [6, 6.07) is 13.8. The van der Waals surface area contributed by atoms with Crippen molar-refractivity contribution in [3.05, 3.63) is 54.5 Å². The Hall–Kier alpha value is -4.32. The van der Waals surface area contributed by atoms with Crippen LogP contribution in [0.1, 0.15) is 38.8 Å². The van der Waals surface area contributed by atoms with Crippen LogP contribution < -0.4 is 11.1 Å². The highest BCUT2D eigenvalue weighted by Gasteiger charge is 2.23. The van der Waals surface area contributed by atoms with Crippen LogP contribution >= 0.6 is 0 Å². The molecule has 4 aromatic rings. The minimum absolute atomic E-state index is 0.186. The van der Waals surface area contributed by atoms with E-state index in [0.29, 0.717) is 23.0 Å². The Morgan fingerprint density at radius 1 is 1.09 bits per heavy atom. The number of pyridine rings is 1. The van der Waals surface area contributed by atoms with Crippen molar-refractivity contribution in [3.8, 4) is 40.4 Å². The smallest absolute Gasteiger partial charge is 0.270 e. The van der Waals surface area contributed by atoms with Crippen molar-refractivity contribution in [1.29, 1.82) is 5.26 Å². The Balaban J connectivity index is 1.38. The highest BCUT2D eigenvalue weighted by atomic mass is 16.4. The molecule has 3 heterocycles. The Kier molecular flexibility index (Phi) is 5.87. The molecule has 1 aromatic carbocycles. The third-order valence-corrected chi connectivity index (χ3v) is 6.36. The third kappa shape index (κ3) is 4.68. The fourth-order valence-electron chi connectivity index (χ4n) is 3.81. The van der Waals surface area contributed by atoms with Gasteiger partial charge in [-0.25, -0.2) is 9.97 Å². The number of aromatic nitrogens is 5. The summed E-state index contributed by atoms with van der Waals surface area (Å²) in [5.41, 5.74) is 9.51. The topological polar surface area (TPSA) is 139 Å². The van der Waals surface area contributed by atoms with E-state index in [4.69, 9.17) is 10.2 Å². The highest BCUT2D eigenvalue weighted by Crippen LogP contribution is 2.30. The van der Waals surface area contributed by atoms with Crippen molar-refractivity contribution in [2.45, 2.75) is 38.5 Å². The van der Waals surface area contributed by atoms with E-state index in [-0.39, 0.29) is 11.7 Å². The Morgan fingerprint density at radius 2 is 1.86 bits per heavy atom. The number of anilines is 2. The lowest BCUT2D eigenvalue weighted by atomic mass is 9.85. The van der Waals surface area contributed by atoms with E-state index < -0.39 is 5.41 Å². The van der Waals surface area contributed by atoms with Gasteiger partial charge in [-0.3, -0.25) is 4.98 Å². The molecule has 3 N–H and O–H groups in total. The lowest BCUT2D eigenvalue weighted by molar-refractivity contribution is 0.333. The third-order valence-electron chi connectivity index (χ3n) is 6.36. The van der Waals surface area contributed by atoms with Crippen molar-refractivity contribution in [2.24, 2.45) is 5.92 Å². The number of nitrogens with one attached hydrogen (secondary N) is 1. The van der Waals surface area contributed by atoms with Crippen LogP contribution in [0.3, 0.4) is 0 Å². The molecule has 0 radical (unpaired) electrons. The molecule has 1 saturated carbocycles. The highest BCUT2D eigenvalue weighted by molar-refractivity contribution is 5.69. The molecular weight excluding hydrogens is 440 g/mol. The lowest BCUT2D eigenvalue weighted by Crippen LogP contribution is -2.20. The van der Waals surface area contributed by atoms with Crippen molar-refractivity contribution in [1.82, 2.24) is 25.1 Å². The molecule has 0 atom stereocenters. The molecule has 0 aliphatic heterocycles. The Morgan fingerprint density at radius 3 is 2.57 bits per heavy atom. The first-order chi connectivity index (χ1) is 16.9. The van der Waals surface area contributed by atoms with Crippen LogP contribution in [0.5, 0.6) is 0 Å². The summed E-state index contributed by atoms with van der Waals surface area (Å²) in [5.74, 6) is 1.53.